The molecule has 0 bridgehead atoms. The zero-order chi connectivity index (χ0) is 25.3. The van der Waals surface area contributed by atoms with Crippen molar-refractivity contribution in [3.63, 3.8) is 0 Å². The minimum absolute atomic E-state index is 0.134. The minimum atomic E-state index is -3.71. The molecule has 0 radical (unpaired) electrons. The maximum absolute atomic E-state index is 12.4. The van der Waals surface area contributed by atoms with Gasteiger partial charge in [-0.3, -0.25) is 4.79 Å². The number of rotatable bonds is 7. The maximum atomic E-state index is 12.4. The van der Waals surface area contributed by atoms with Crippen molar-refractivity contribution in [2.75, 3.05) is 19.5 Å². The Kier molecular flexibility index (Phi) is 6.53. The fraction of sp³-hybridized carbons (Fsp3) is 0.154. The molecule has 2 heterocycles. The second-order valence-electron chi connectivity index (χ2n) is 8.31. The second-order valence-corrected chi connectivity index (χ2v) is 10.5. The van der Waals surface area contributed by atoms with Gasteiger partial charge in [0.1, 0.15) is 22.6 Å². The van der Waals surface area contributed by atoms with Crippen molar-refractivity contribution in [2.45, 2.75) is 6.10 Å². The van der Waals surface area contributed by atoms with Crippen LogP contribution in [0.25, 0.3) is 21.9 Å². The van der Waals surface area contributed by atoms with Crippen molar-refractivity contribution in [3.05, 3.63) is 83.5 Å². The number of fused-ring (bicyclic) bond motifs is 1. The van der Waals surface area contributed by atoms with E-state index in [4.69, 9.17) is 25.8 Å². The lowest BCUT2D eigenvalue weighted by Gasteiger charge is -2.28. The van der Waals surface area contributed by atoms with Crippen molar-refractivity contribution in [1.29, 1.82) is 0 Å². The van der Waals surface area contributed by atoms with Gasteiger partial charge in [-0.25, -0.2) is 18.1 Å². The highest BCUT2D eigenvalue weighted by atomic mass is 35.5. The third-order valence-electron chi connectivity index (χ3n) is 5.48. The summed E-state index contributed by atoms with van der Waals surface area (Å²) in [5.41, 5.74) is 1.40. The van der Waals surface area contributed by atoms with Crippen LogP contribution < -0.4 is 14.2 Å². The van der Waals surface area contributed by atoms with E-state index in [1.807, 2.05) is 47.2 Å². The largest absolute Gasteiger partial charge is 0.485 e. The van der Waals surface area contributed by atoms with Crippen LogP contribution in [0.1, 0.15) is 10.4 Å². The first kappa shape index (κ1) is 24.1. The first-order valence-corrected chi connectivity index (χ1v) is 13.3. The number of aromatic nitrogens is 1. The topological polar surface area (TPSA) is 104 Å². The Balaban J connectivity index is 1.44. The van der Waals surface area contributed by atoms with E-state index in [0.717, 1.165) is 17.0 Å². The summed E-state index contributed by atoms with van der Waals surface area (Å²) in [5, 5.41) is 2.42. The number of hydrogen-bond donors (Lipinski definition) is 1. The number of carbonyl (C=O) groups excluding carboxylic acids is 1. The van der Waals surface area contributed by atoms with Crippen molar-refractivity contribution >= 4 is 38.3 Å². The van der Waals surface area contributed by atoms with E-state index in [0.29, 0.717) is 35.8 Å². The molecule has 1 aromatic heterocycles. The molecule has 36 heavy (non-hydrogen) atoms. The third kappa shape index (κ3) is 5.43. The molecule has 0 aliphatic carbocycles. The number of amides is 1. The summed E-state index contributed by atoms with van der Waals surface area (Å²) < 4.78 is 42.0. The third-order valence-corrected chi connectivity index (χ3v) is 6.30. The quantitative estimate of drug-likeness (QED) is 0.370. The van der Waals surface area contributed by atoms with Crippen molar-refractivity contribution < 1.29 is 27.4 Å². The van der Waals surface area contributed by atoms with Crippen LogP contribution in [0, 0.1) is 0 Å². The van der Waals surface area contributed by atoms with Gasteiger partial charge in [0.25, 0.3) is 5.91 Å². The predicted octanol–water partition coefficient (Wildman–Crippen LogP) is 4.81. The number of ether oxygens (including phenoxy) is 3. The molecule has 1 fully saturated rings. The zero-order valence-electron chi connectivity index (χ0n) is 19.1. The van der Waals surface area contributed by atoms with Crippen LogP contribution >= 0.6 is 11.6 Å². The molecule has 1 saturated heterocycles. The summed E-state index contributed by atoms with van der Waals surface area (Å²) >= 11 is 6.52. The van der Waals surface area contributed by atoms with E-state index in [2.05, 4.69) is 4.98 Å². The van der Waals surface area contributed by atoms with Gasteiger partial charge in [-0.1, -0.05) is 41.9 Å². The molecule has 1 N–H and O–H groups in total. The Morgan fingerprint density at radius 2 is 1.83 bits per heavy atom. The average Bonchev–Trinajstić information content (AvgIpc) is 2.81. The smallest absolute Gasteiger partial charge is 0.264 e. The first-order valence-electron chi connectivity index (χ1n) is 11.0. The summed E-state index contributed by atoms with van der Waals surface area (Å²) in [4.78, 5) is 16.8. The van der Waals surface area contributed by atoms with Crippen LogP contribution in [0.15, 0.2) is 72.9 Å². The molecule has 10 heteroatoms. The van der Waals surface area contributed by atoms with Crippen LogP contribution in [0.3, 0.4) is 0 Å². The molecular formula is C26H21ClN2O6S. The van der Waals surface area contributed by atoms with Crippen molar-refractivity contribution in [1.82, 2.24) is 9.71 Å². The number of nitrogens with zero attached hydrogens (tertiary/aromatic N) is 1. The van der Waals surface area contributed by atoms with E-state index < -0.39 is 15.9 Å². The van der Waals surface area contributed by atoms with Crippen LogP contribution in [0.4, 0.5) is 0 Å². The summed E-state index contributed by atoms with van der Waals surface area (Å²) in [7, 11) is -3.71. The normalized spacial score (nSPS) is 13.7. The minimum Gasteiger partial charge on any atom is -0.485 e. The Bertz CT molecular complexity index is 1570. The lowest BCUT2D eigenvalue weighted by atomic mass is 10.0. The van der Waals surface area contributed by atoms with Crippen LogP contribution in [0.2, 0.25) is 5.02 Å². The Labute approximate surface area is 212 Å². The van der Waals surface area contributed by atoms with Crippen molar-refractivity contribution in [2.24, 2.45) is 0 Å². The molecule has 1 amide bonds. The number of nitrogens with one attached hydrogen (secondary N) is 1. The monoisotopic (exact) mass is 524 g/mol. The second kappa shape index (κ2) is 9.77. The predicted molar refractivity (Wildman–Crippen MR) is 136 cm³/mol. The number of benzene rings is 3. The zero-order valence-corrected chi connectivity index (χ0v) is 20.7. The molecule has 4 aromatic rings. The van der Waals surface area contributed by atoms with E-state index in [1.165, 1.54) is 12.1 Å². The van der Waals surface area contributed by atoms with Gasteiger partial charge in [-0.15, -0.1) is 0 Å². The summed E-state index contributed by atoms with van der Waals surface area (Å²) in [6.07, 6.45) is 2.33. The molecule has 5 rings (SSSR count). The first-order chi connectivity index (χ1) is 17.2. The molecule has 8 nitrogen and oxygen atoms in total. The molecule has 3 aromatic carbocycles. The molecule has 0 atom stereocenters. The van der Waals surface area contributed by atoms with Crippen molar-refractivity contribution in [3.8, 4) is 28.5 Å². The Morgan fingerprint density at radius 3 is 2.53 bits per heavy atom. The van der Waals surface area contributed by atoms with E-state index in [1.54, 1.807) is 18.3 Å². The number of sulfonamides is 1. The summed E-state index contributed by atoms with van der Waals surface area (Å²) in [6, 6.07) is 20.0. The number of pyridine rings is 1. The molecule has 1 aliphatic rings. The fourth-order valence-electron chi connectivity index (χ4n) is 3.68. The molecule has 0 saturated carbocycles. The van der Waals surface area contributed by atoms with Gasteiger partial charge >= 0.3 is 0 Å². The average molecular weight is 525 g/mol. The Hall–Kier alpha value is -3.66. The summed E-state index contributed by atoms with van der Waals surface area (Å²) in [5.74, 6) is 0.473. The SMILES string of the molecule is CS(=O)(=O)NC(=O)c1ccc(-c2cnc(Oc3ccc4ccccc4c3)c(Cl)c2)c(OC2COC2)c1. The van der Waals surface area contributed by atoms with Crippen LogP contribution in [-0.2, 0) is 14.8 Å². The van der Waals surface area contributed by atoms with Gasteiger partial charge in [-0.05, 0) is 47.2 Å². The maximum Gasteiger partial charge on any atom is 0.264 e. The van der Waals surface area contributed by atoms with Gasteiger partial charge in [0, 0.05) is 22.9 Å². The van der Waals surface area contributed by atoms with Crippen LogP contribution in [0.5, 0.6) is 17.4 Å². The van der Waals surface area contributed by atoms with E-state index >= 15 is 0 Å². The number of hydrogen-bond acceptors (Lipinski definition) is 7. The lowest BCUT2D eigenvalue weighted by molar-refractivity contribution is -0.0794. The standard InChI is InChI=1S/C26H21ClN2O6S/c1-36(31,32)29-25(30)18-7-9-22(24(12-18)34-21-14-33-15-21)19-11-23(27)26(28-13-19)35-20-8-6-16-4-2-3-5-17(16)10-20/h2-13,21H,14-15H2,1H3,(H,29,30). The molecule has 0 spiro atoms. The Morgan fingerprint density at radius 1 is 1.06 bits per heavy atom. The van der Waals surface area contributed by atoms with Gasteiger partial charge in [0.05, 0.1) is 19.5 Å². The molecular weight excluding hydrogens is 504 g/mol. The fourth-order valence-corrected chi connectivity index (χ4v) is 4.34. The van der Waals surface area contributed by atoms with E-state index in [9.17, 15) is 13.2 Å². The van der Waals surface area contributed by atoms with Gasteiger partial charge in [-0.2, -0.15) is 0 Å². The van der Waals surface area contributed by atoms with E-state index in [-0.39, 0.29) is 22.6 Å². The highest BCUT2D eigenvalue weighted by Gasteiger charge is 2.23. The lowest BCUT2D eigenvalue weighted by Crippen LogP contribution is -2.38. The highest BCUT2D eigenvalue weighted by molar-refractivity contribution is 7.89. The number of halogens is 1. The molecule has 1 aliphatic heterocycles. The number of carbonyl (C=O) groups is 1. The molecule has 184 valence electrons. The van der Waals surface area contributed by atoms with Gasteiger partial charge in [0.15, 0.2) is 0 Å². The molecule has 0 unspecified atom stereocenters. The van der Waals surface area contributed by atoms with Gasteiger partial charge < -0.3 is 14.2 Å². The van der Waals surface area contributed by atoms with Gasteiger partial charge in [0.2, 0.25) is 15.9 Å². The summed E-state index contributed by atoms with van der Waals surface area (Å²) in [6.45, 7) is 0.827. The highest BCUT2D eigenvalue weighted by Crippen LogP contribution is 2.37. The van der Waals surface area contributed by atoms with Crippen LogP contribution in [-0.4, -0.2) is 44.9 Å².